The molecular formula is C24H27F2N3O2. The van der Waals surface area contributed by atoms with Crippen LogP contribution in [0, 0.1) is 0 Å². The summed E-state index contributed by atoms with van der Waals surface area (Å²) < 4.78 is 37.4. The lowest BCUT2D eigenvalue weighted by atomic mass is 10.1. The maximum atomic E-state index is 12.6. The van der Waals surface area contributed by atoms with Crippen LogP contribution in [0.15, 0.2) is 48.5 Å². The zero-order chi connectivity index (χ0) is 21.8. The molecule has 1 aliphatic carbocycles. The van der Waals surface area contributed by atoms with Crippen molar-refractivity contribution in [2.24, 2.45) is 0 Å². The minimum absolute atomic E-state index is 0.0580. The average molecular weight is 427 g/mol. The van der Waals surface area contributed by atoms with Gasteiger partial charge in [0, 0.05) is 18.8 Å². The Hall–Kier alpha value is -2.93. The van der Waals surface area contributed by atoms with Crippen LogP contribution in [0.1, 0.15) is 35.9 Å². The molecule has 31 heavy (non-hydrogen) atoms. The SMILES string of the molecule is CCOc1cc(CN(C)Cc2nn(-c3ccccc3)c3c2CCC3)ccc1OC(F)F. The van der Waals surface area contributed by atoms with E-state index < -0.39 is 6.61 Å². The topological polar surface area (TPSA) is 39.5 Å². The molecule has 0 atom stereocenters. The molecule has 1 aromatic heterocycles. The second-order valence-corrected chi connectivity index (χ2v) is 7.74. The van der Waals surface area contributed by atoms with Gasteiger partial charge in [0.1, 0.15) is 0 Å². The number of alkyl halides is 2. The molecule has 0 spiro atoms. The second kappa shape index (κ2) is 9.47. The van der Waals surface area contributed by atoms with Gasteiger partial charge in [-0.2, -0.15) is 13.9 Å². The first-order valence-electron chi connectivity index (χ1n) is 10.6. The van der Waals surface area contributed by atoms with Crippen LogP contribution in [0.5, 0.6) is 11.5 Å². The molecular weight excluding hydrogens is 400 g/mol. The Bertz CT molecular complexity index is 1020. The van der Waals surface area contributed by atoms with Gasteiger partial charge in [0.05, 0.1) is 18.0 Å². The monoisotopic (exact) mass is 427 g/mol. The highest BCUT2D eigenvalue weighted by molar-refractivity contribution is 5.43. The summed E-state index contributed by atoms with van der Waals surface area (Å²) in [5.74, 6) is 0.394. The number of benzene rings is 2. The van der Waals surface area contributed by atoms with Gasteiger partial charge in [-0.05, 0) is 68.6 Å². The van der Waals surface area contributed by atoms with Gasteiger partial charge in [-0.15, -0.1) is 0 Å². The molecule has 0 aliphatic heterocycles. The number of hydrogen-bond acceptors (Lipinski definition) is 4. The molecule has 164 valence electrons. The van der Waals surface area contributed by atoms with Crippen LogP contribution in [0.3, 0.4) is 0 Å². The van der Waals surface area contributed by atoms with Gasteiger partial charge in [-0.25, -0.2) is 4.68 Å². The number of para-hydroxylation sites is 1. The molecule has 0 saturated carbocycles. The van der Waals surface area contributed by atoms with E-state index in [0.717, 1.165) is 36.2 Å². The predicted octanol–water partition coefficient (Wildman–Crippen LogP) is 4.99. The van der Waals surface area contributed by atoms with Gasteiger partial charge in [0.25, 0.3) is 0 Å². The molecule has 0 unspecified atom stereocenters. The second-order valence-electron chi connectivity index (χ2n) is 7.74. The number of halogens is 2. The van der Waals surface area contributed by atoms with Crippen LogP contribution >= 0.6 is 0 Å². The van der Waals surface area contributed by atoms with Crippen molar-refractivity contribution in [3.8, 4) is 17.2 Å². The van der Waals surface area contributed by atoms with Gasteiger partial charge in [-0.1, -0.05) is 24.3 Å². The molecule has 0 amide bonds. The smallest absolute Gasteiger partial charge is 0.387 e. The van der Waals surface area contributed by atoms with Crippen LogP contribution in [-0.2, 0) is 25.9 Å². The number of fused-ring (bicyclic) bond motifs is 1. The first-order chi connectivity index (χ1) is 15.0. The zero-order valence-corrected chi connectivity index (χ0v) is 17.9. The summed E-state index contributed by atoms with van der Waals surface area (Å²) in [6.07, 6.45) is 3.25. The summed E-state index contributed by atoms with van der Waals surface area (Å²) in [5, 5.41) is 4.92. The van der Waals surface area contributed by atoms with E-state index in [0.29, 0.717) is 25.4 Å². The molecule has 5 nitrogen and oxygen atoms in total. The minimum atomic E-state index is -2.88. The van der Waals surface area contributed by atoms with Crippen LogP contribution in [0.25, 0.3) is 5.69 Å². The van der Waals surface area contributed by atoms with Crippen molar-refractivity contribution in [2.45, 2.75) is 45.9 Å². The zero-order valence-electron chi connectivity index (χ0n) is 17.9. The summed E-state index contributed by atoms with van der Waals surface area (Å²) in [7, 11) is 2.03. The van der Waals surface area contributed by atoms with Crippen LogP contribution in [-0.4, -0.2) is 34.9 Å². The maximum Gasteiger partial charge on any atom is 0.387 e. The molecule has 0 fully saturated rings. The standard InChI is InChI=1S/C24H27F2N3O2/c1-3-30-23-14-17(12-13-22(23)31-24(25)26)15-28(2)16-20-19-10-7-11-21(19)29(27-20)18-8-5-4-6-9-18/h4-6,8-9,12-14,24H,3,7,10-11,15-16H2,1-2H3. The Morgan fingerprint density at radius 3 is 2.61 bits per heavy atom. The largest absolute Gasteiger partial charge is 0.490 e. The molecule has 1 heterocycles. The minimum Gasteiger partial charge on any atom is -0.490 e. The van der Waals surface area contributed by atoms with E-state index in [-0.39, 0.29) is 5.75 Å². The Kier molecular flexibility index (Phi) is 6.51. The number of nitrogens with zero attached hydrogens (tertiary/aromatic N) is 3. The molecule has 2 aromatic carbocycles. The van der Waals surface area contributed by atoms with E-state index in [2.05, 4.69) is 26.5 Å². The summed E-state index contributed by atoms with van der Waals surface area (Å²) in [6.45, 7) is 0.662. The third-order valence-electron chi connectivity index (χ3n) is 5.41. The molecule has 3 aromatic rings. The molecule has 0 saturated heterocycles. The Morgan fingerprint density at radius 1 is 1.06 bits per heavy atom. The highest BCUT2D eigenvalue weighted by Crippen LogP contribution is 2.31. The lowest BCUT2D eigenvalue weighted by Crippen LogP contribution is -2.18. The predicted molar refractivity (Wildman–Crippen MR) is 115 cm³/mol. The Labute approximate surface area is 181 Å². The van der Waals surface area contributed by atoms with Gasteiger partial charge < -0.3 is 9.47 Å². The van der Waals surface area contributed by atoms with Crippen molar-refractivity contribution in [1.29, 1.82) is 0 Å². The van der Waals surface area contributed by atoms with Crippen LogP contribution < -0.4 is 9.47 Å². The Balaban J connectivity index is 1.51. The Morgan fingerprint density at radius 2 is 1.87 bits per heavy atom. The van der Waals surface area contributed by atoms with E-state index in [1.54, 1.807) is 18.2 Å². The highest BCUT2D eigenvalue weighted by Gasteiger charge is 2.23. The number of hydrogen-bond donors (Lipinski definition) is 0. The lowest BCUT2D eigenvalue weighted by molar-refractivity contribution is -0.0514. The summed E-state index contributed by atoms with van der Waals surface area (Å²) >= 11 is 0. The van der Waals surface area contributed by atoms with E-state index in [9.17, 15) is 8.78 Å². The fourth-order valence-electron chi connectivity index (χ4n) is 4.16. The molecule has 0 bridgehead atoms. The van der Waals surface area contributed by atoms with E-state index in [1.165, 1.54) is 11.3 Å². The molecule has 4 rings (SSSR count). The molecule has 1 aliphatic rings. The van der Waals surface area contributed by atoms with Crippen molar-refractivity contribution in [3.63, 3.8) is 0 Å². The van der Waals surface area contributed by atoms with E-state index in [1.807, 2.05) is 32.2 Å². The summed E-state index contributed by atoms with van der Waals surface area (Å²) in [5.41, 5.74) is 5.81. The number of rotatable bonds is 9. The molecule has 0 N–H and O–H groups in total. The number of ether oxygens (including phenoxy) is 2. The van der Waals surface area contributed by atoms with Crippen molar-refractivity contribution in [3.05, 3.63) is 71.0 Å². The van der Waals surface area contributed by atoms with E-state index >= 15 is 0 Å². The van der Waals surface area contributed by atoms with Crippen LogP contribution in [0.2, 0.25) is 0 Å². The van der Waals surface area contributed by atoms with Gasteiger partial charge in [0.15, 0.2) is 11.5 Å². The number of aromatic nitrogens is 2. The van der Waals surface area contributed by atoms with Crippen LogP contribution in [0.4, 0.5) is 8.78 Å². The first-order valence-corrected chi connectivity index (χ1v) is 10.6. The van der Waals surface area contributed by atoms with Gasteiger partial charge >= 0.3 is 6.61 Å². The normalized spacial score (nSPS) is 13.1. The lowest BCUT2D eigenvalue weighted by Gasteiger charge is -2.18. The van der Waals surface area contributed by atoms with E-state index in [4.69, 9.17) is 9.84 Å². The molecule has 7 heteroatoms. The third-order valence-corrected chi connectivity index (χ3v) is 5.41. The highest BCUT2D eigenvalue weighted by atomic mass is 19.3. The van der Waals surface area contributed by atoms with Crippen molar-refractivity contribution in [2.75, 3.05) is 13.7 Å². The fraction of sp³-hybridized carbons (Fsp3) is 0.375. The molecule has 0 radical (unpaired) electrons. The first kappa shape index (κ1) is 21.3. The summed E-state index contributed by atoms with van der Waals surface area (Å²) in [4.78, 5) is 2.18. The fourth-order valence-corrected chi connectivity index (χ4v) is 4.16. The van der Waals surface area contributed by atoms with Crippen molar-refractivity contribution < 1.29 is 18.3 Å². The van der Waals surface area contributed by atoms with Crippen molar-refractivity contribution >= 4 is 0 Å². The van der Waals surface area contributed by atoms with Gasteiger partial charge in [-0.3, -0.25) is 4.90 Å². The van der Waals surface area contributed by atoms with Gasteiger partial charge in [0.2, 0.25) is 0 Å². The quantitative estimate of drug-likeness (QED) is 0.482. The average Bonchev–Trinajstić information content (AvgIpc) is 3.34. The van der Waals surface area contributed by atoms with Crippen molar-refractivity contribution in [1.82, 2.24) is 14.7 Å². The maximum absolute atomic E-state index is 12.6. The third kappa shape index (κ3) is 4.88. The summed E-state index contributed by atoms with van der Waals surface area (Å²) in [6, 6.07) is 15.3.